The van der Waals surface area contributed by atoms with Gasteiger partial charge in [-0.3, -0.25) is 0 Å². The third-order valence-electron chi connectivity index (χ3n) is 2.50. The van der Waals surface area contributed by atoms with Crippen molar-refractivity contribution in [2.75, 3.05) is 0 Å². The largest absolute Gasteiger partial charge is 0.489 e. The molecule has 2 aromatic heterocycles. The van der Waals surface area contributed by atoms with Crippen molar-refractivity contribution >= 4 is 33.2 Å². The summed E-state index contributed by atoms with van der Waals surface area (Å²) < 4.78 is 11.4. The van der Waals surface area contributed by atoms with Crippen molar-refractivity contribution in [3.8, 4) is 5.75 Å². The van der Waals surface area contributed by atoms with E-state index >= 15 is 0 Å². The molecule has 0 N–H and O–H groups in total. The fraction of sp³-hybridized carbons (Fsp3) is 0.0769. The predicted molar refractivity (Wildman–Crippen MR) is 73.9 cm³/mol. The Kier molecular flexibility index (Phi) is 3.23. The van der Waals surface area contributed by atoms with Crippen LogP contribution in [0.15, 0.2) is 45.7 Å². The van der Waals surface area contributed by atoms with Crippen LogP contribution in [0.2, 0.25) is 5.15 Å². The van der Waals surface area contributed by atoms with Gasteiger partial charge in [-0.05, 0) is 18.2 Å². The maximum atomic E-state index is 11.1. The van der Waals surface area contributed by atoms with Crippen LogP contribution in [0.3, 0.4) is 0 Å². The van der Waals surface area contributed by atoms with Crippen molar-refractivity contribution in [1.82, 2.24) is 4.98 Å². The van der Waals surface area contributed by atoms with E-state index in [4.69, 9.17) is 20.8 Å². The molecule has 0 saturated carbocycles. The highest BCUT2D eigenvalue weighted by atomic mass is 35.5. The quantitative estimate of drug-likeness (QED) is 0.694. The van der Waals surface area contributed by atoms with E-state index in [2.05, 4.69) is 4.98 Å². The zero-order chi connectivity index (χ0) is 13.2. The van der Waals surface area contributed by atoms with Crippen molar-refractivity contribution in [2.45, 2.75) is 6.61 Å². The van der Waals surface area contributed by atoms with E-state index in [1.54, 1.807) is 30.5 Å². The van der Waals surface area contributed by atoms with Gasteiger partial charge in [-0.1, -0.05) is 29.0 Å². The fourth-order valence-electron chi connectivity index (χ4n) is 1.60. The summed E-state index contributed by atoms with van der Waals surface area (Å²) in [7, 11) is 0. The van der Waals surface area contributed by atoms with Gasteiger partial charge in [-0.2, -0.15) is 0 Å². The van der Waals surface area contributed by atoms with E-state index in [1.807, 2.05) is 6.07 Å². The molecule has 0 aliphatic rings. The Hall–Kier alpha value is -1.85. The first-order valence-corrected chi connectivity index (χ1v) is 6.67. The number of aromatic nitrogens is 1. The number of pyridine rings is 1. The van der Waals surface area contributed by atoms with Crippen molar-refractivity contribution in [1.29, 1.82) is 0 Å². The number of rotatable bonds is 3. The fourth-order valence-corrected chi connectivity index (χ4v) is 2.36. The van der Waals surface area contributed by atoms with Crippen LogP contribution in [-0.4, -0.2) is 4.98 Å². The molecule has 0 unspecified atom stereocenters. The molecule has 0 spiro atoms. The molecule has 0 amide bonds. The molecule has 1 aromatic carbocycles. The Morgan fingerprint density at radius 3 is 3.00 bits per heavy atom. The molecule has 0 atom stereocenters. The van der Waals surface area contributed by atoms with Crippen LogP contribution in [0.1, 0.15) is 5.56 Å². The second kappa shape index (κ2) is 5.03. The highest BCUT2D eigenvalue weighted by Gasteiger charge is 2.04. The Morgan fingerprint density at radius 2 is 2.21 bits per heavy atom. The minimum Gasteiger partial charge on any atom is -0.489 e. The monoisotopic (exact) mass is 293 g/mol. The summed E-state index contributed by atoms with van der Waals surface area (Å²) >= 11 is 6.78. The van der Waals surface area contributed by atoms with Gasteiger partial charge in [0.15, 0.2) is 5.58 Å². The molecule has 0 radical (unpaired) electrons. The normalized spacial score (nSPS) is 10.8. The number of benzene rings is 1. The Labute approximate surface area is 117 Å². The highest BCUT2D eigenvalue weighted by Crippen LogP contribution is 2.23. The van der Waals surface area contributed by atoms with E-state index in [1.165, 1.54) is 0 Å². The lowest BCUT2D eigenvalue weighted by Gasteiger charge is -2.05. The zero-order valence-corrected chi connectivity index (χ0v) is 11.2. The average Bonchev–Trinajstić information content (AvgIpc) is 2.77. The van der Waals surface area contributed by atoms with Gasteiger partial charge in [-0.25, -0.2) is 9.78 Å². The number of fused-ring (bicyclic) bond motifs is 1. The Balaban J connectivity index is 1.77. The Bertz CT molecular complexity index is 763. The molecule has 6 heteroatoms. The van der Waals surface area contributed by atoms with Gasteiger partial charge in [0.2, 0.25) is 0 Å². The molecule has 0 aliphatic carbocycles. The summed E-state index contributed by atoms with van der Waals surface area (Å²) in [5.74, 6) is 0.643. The molecule has 2 heterocycles. The molecule has 3 rings (SSSR count). The number of halogens is 1. The van der Waals surface area contributed by atoms with Crippen LogP contribution in [0.25, 0.3) is 10.3 Å². The third-order valence-corrected chi connectivity index (χ3v) is 3.53. The molecule has 19 heavy (non-hydrogen) atoms. The maximum Gasteiger partial charge on any atom is 0.396 e. The first kappa shape index (κ1) is 12.2. The molecule has 0 bridgehead atoms. The lowest BCUT2D eigenvalue weighted by Crippen LogP contribution is -1.95. The number of hydrogen-bond acceptors (Lipinski definition) is 5. The minimum atomic E-state index is -0.311. The molecule has 0 saturated heterocycles. The summed E-state index contributed by atoms with van der Waals surface area (Å²) in [6, 6.07) is 8.87. The predicted octanol–water partition coefficient (Wildman–Crippen LogP) is 3.48. The minimum absolute atomic E-state index is 0.311. The zero-order valence-electron chi connectivity index (χ0n) is 9.63. The summed E-state index contributed by atoms with van der Waals surface area (Å²) in [6.07, 6.45) is 1.66. The van der Waals surface area contributed by atoms with E-state index in [9.17, 15) is 4.79 Å². The molecular formula is C13H8ClNO3S. The Morgan fingerprint density at radius 1 is 1.32 bits per heavy atom. The first-order chi connectivity index (χ1) is 9.20. The molecule has 3 aromatic rings. The molecule has 96 valence electrons. The van der Waals surface area contributed by atoms with Crippen LogP contribution < -0.4 is 9.68 Å². The van der Waals surface area contributed by atoms with Crippen LogP contribution >= 0.6 is 22.9 Å². The summed E-state index contributed by atoms with van der Waals surface area (Å²) in [5, 5.41) is 0.449. The van der Waals surface area contributed by atoms with Gasteiger partial charge in [0.05, 0.1) is 4.70 Å². The standard InChI is InChI=1S/C13H8ClNO3S/c14-12-4-1-8(6-15-12)7-17-9-2-3-11-10(5-9)18-13(16)19-11/h1-6H,7H2. The van der Waals surface area contributed by atoms with Crippen molar-refractivity contribution in [2.24, 2.45) is 0 Å². The average molecular weight is 294 g/mol. The van der Waals surface area contributed by atoms with Gasteiger partial charge in [0, 0.05) is 17.8 Å². The van der Waals surface area contributed by atoms with Crippen molar-refractivity contribution in [3.63, 3.8) is 0 Å². The van der Waals surface area contributed by atoms with Gasteiger partial charge in [-0.15, -0.1) is 0 Å². The second-order valence-corrected chi connectivity index (χ2v) is 5.21. The van der Waals surface area contributed by atoms with Crippen LogP contribution in [0.5, 0.6) is 5.75 Å². The second-order valence-electron chi connectivity index (χ2n) is 3.84. The molecule has 4 nitrogen and oxygen atoms in total. The van der Waals surface area contributed by atoms with Gasteiger partial charge in [0.1, 0.15) is 17.5 Å². The topological polar surface area (TPSA) is 52.3 Å². The molecule has 0 aliphatic heterocycles. The van der Waals surface area contributed by atoms with E-state index < -0.39 is 0 Å². The maximum absolute atomic E-state index is 11.1. The molecule has 0 fully saturated rings. The van der Waals surface area contributed by atoms with Crippen molar-refractivity contribution in [3.05, 3.63) is 57.0 Å². The smallest absolute Gasteiger partial charge is 0.396 e. The van der Waals surface area contributed by atoms with Gasteiger partial charge in [0.25, 0.3) is 0 Å². The van der Waals surface area contributed by atoms with Gasteiger partial charge >= 0.3 is 4.94 Å². The number of hydrogen-bond donors (Lipinski definition) is 0. The van der Waals surface area contributed by atoms with E-state index in [0.717, 1.165) is 21.6 Å². The summed E-state index contributed by atoms with van der Waals surface area (Å²) in [6.45, 7) is 0.379. The SMILES string of the molecule is O=c1oc2cc(OCc3ccc(Cl)nc3)ccc2s1. The summed E-state index contributed by atoms with van der Waals surface area (Å²) in [4.78, 5) is 14.8. The van der Waals surface area contributed by atoms with Crippen LogP contribution in [-0.2, 0) is 6.61 Å². The molecular weight excluding hydrogens is 286 g/mol. The lowest BCUT2D eigenvalue weighted by atomic mass is 10.3. The van der Waals surface area contributed by atoms with E-state index in [0.29, 0.717) is 23.1 Å². The number of nitrogens with zero attached hydrogens (tertiary/aromatic N) is 1. The van der Waals surface area contributed by atoms with Gasteiger partial charge < -0.3 is 9.15 Å². The lowest BCUT2D eigenvalue weighted by molar-refractivity contribution is 0.306. The highest BCUT2D eigenvalue weighted by molar-refractivity contribution is 7.16. The number of ether oxygens (including phenoxy) is 1. The third kappa shape index (κ3) is 2.77. The van der Waals surface area contributed by atoms with Crippen LogP contribution in [0, 0.1) is 0 Å². The van der Waals surface area contributed by atoms with E-state index in [-0.39, 0.29) is 4.94 Å². The van der Waals surface area contributed by atoms with Crippen LogP contribution in [0.4, 0.5) is 0 Å². The summed E-state index contributed by atoms with van der Waals surface area (Å²) in [5.41, 5.74) is 1.46. The van der Waals surface area contributed by atoms with Crippen molar-refractivity contribution < 1.29 is 9.15 Å². The first-order valence-electron chi connectivity index (χ1n) is 5.48.